The Morgan fingerprint density at radius 1 is 1.32 bits per heavy atom. The van der Waals surface area contributed by atoms with Crippen LogP contribution in [-0.2, 0) is 6.54 Å². The van der Waals surface area contributed by atoms with Crippen molar-refractivity contribution in [3.8, 4) is 0 Å². The van der Waals surface area contributed by atoms with Crippen molar-refractivity contribution in [3.63, 3.8) is 0 Å². The molecule has 0 aliphatic heterocycles. The van der Waals surface area contributed by atoms with Crippen molar-refractivity contribution < 1.29 is 0 Å². The number of hydrogen-bond donors (Lipinski definition) is 2. The Kier molecular flexibility index (Phi) is 9.19. The van der Waals surface area contributed by atoms with Gasteiger partial charge in [0.05, 0.1) is 0 Å². The van der Waals surface area contributed by atoms with Gasteiger partial charge >= 0.3 is 0 Å². The van der Waals surface area contributed by atoms with Crippen LogP contribution in [0.1, 0.15) is 38.5 Å². The number of aromatic nitrogens is 1. The predicted molar refractivity (Wildman–Crippen MR) is 102 cm³/mol. The summed E-state index contributed by atoms with van der Waals surface area (Å²) in [5.74, 6) is 0.902. The Bertz CT molecular complexity index is 509. The molecule has 2 rings (SSSR count). The molecule has 6 heteroatoms. The topological polar surface area (TPSA) is 58.4 Å². The number of hydrogen-bond acceptors (Lipinski definition) is 2. The van der Waals surface area contributed by atoms with Gasteiger partial charge in [-0.05, 0) is 31.7 Å². The molecule has 22 heavy (non-hydrogen) atoms. The molecular weight excluding hydrogens is 391 g/mol. The monoisotopic (exact) mass is 418 g/mol. The van der Waals surface area contributed by atoms with E-state index in [1.165, 1.54) is 25.7 Å². The second kappa shape index (κ2) is 10.6. The van der Waals surface area contributed by atoms with Crippen molar-refractivity contribution in [1.29, 1.82) is 0 Å². The number of aryl methyl sites for hydroxylation is 1. The molecule has 1 aromatic heterocycles. The van der Waals surface area contributed by atoms with Crippen LogP contribution in [0, 0.1) is 0 Å². The highest BCUT2D eigenvalue weighted by molar-refractivity contribution is 14.0. The smallest absolute Gasteiger partial charge is 0.250 e. The van der Waals surface area contributed by atoms with Gasteiger partial charge in [-0.1, -0.05) is 18.9 Å². The lowest BCUT2D eigenvalue weighted by Gasteiger charge is -2.16. The average Bonchev–Trinajstić information content (AvgIpc) is 3.00. The molecule has 1 fully saturated rings. The van der Waals surface area contributed by atoms with Gasteiger partial charge < -0.3 is 15.2 Å². The summed E-state index contributed by atoms with van der Waals surface area (Å²) in [6.45, 7) is 1.66. The Balaban J connectivity index is 0.00000242. The Morgan fingerprint density at radius 3 is 2.77 bits per heavy atom. The van der Waals surface area contributed by atoms with Crippen LogP contribution in [0.15, 0.2) is 34.2 Å². The van der Waals surface area contributed by atoms with Crippen molar-refractivity contribution in [2.24, 2.45) is 4.99 Å². The van der Waals surface area contributed by atoms with E-state index in [9.17, 15) is 4.79 Å². The minimum Gasteiger partial charge on any atom is -0.356 e. The minimum atomic E-state index is 0. The number of guanidine groups is 1. The fraction of sp³-hybridized carbons (Fsp3) is 0.625. The maximum absolute atomic E-state index is 11.5. The molecule has 2 N–H and O–H groups in total. The fourth-order valence-corrected chi connectivity index (χ4v) is 2.72. The van der Waals surface area contributed by atoms with E-state index in [0.717, 1.165) is 31.9 Å². The molecule has 1 heterocycles. The van der Waals surface area contributed by atoms with E-state index in [1.54, 1.807) is 16.7 Å². The molecule has 1 saturated carbocycles. The highest BCUT2D eigenvalue weighted by atomic mass is 127. The van der Waals surface area contributed by atoms with Crippen LogP contribution >= 0.6 is 24.0 Å². The fourth-order valence-electron chi connectivity index (χ4n) is 2.72. The molecule has 0 bridgehead atoms. The van der Waals surface area contributed by atoms with Gasteiger partial charge in [0.15, 0.2) is 5.96 Å². The predicted octanol–water partition coefficient (Wildman–Crippen LogP) is 2.35. The van der Waals surface area contributed by atoms with Gasteiger partial charge in [0, 0.05) is 38.4 Å². The Labute approximate surface area is 149 Å². The van der Waals surface area contributed by atoms with E-state index in [4.69, 9.17) is 0 Å². The summed E-state index contributed by atoms with van der Waals surface area (Å²) in [5.41, 5.74) is 0.0733. The Morgan fingerprint density at radius 2 is 2.09 bits per heavy atom. The van der Waals surface area contributed by atoms with Crippen molar-refractivity contribution in [1.82, 2.24) is 15.2 Å². The molecule has 5 nitrogen and oxygen atoms in total. The molecule has 1 aliphatic carbocycles. The van der Waals surface area contributed by atoms with Crippen LogP contribution in [-0.4, -0.2) is 30.2 Å². The first-order valence-corrected chi connectivity index (χ1v) is 7.92. The Hall–Kier alpha value is -1.05. The molecule has 1 aromatic rings. The zero-order valence-electron chi connectivity index (χ0n) is 13.3. The summed E-state index contributed by atoms with van der Waals surface area (Å²) in [6, 6.07) is 5.86. The quantitative estimate of drug-likeness (QED) is 0.323. The highest BCUT2D eigenvalue weighted by Crippen LogP contribution is 2.17. The lowest BCUT2D eigenvalue weighted by molar-refractivity contribution is 0.575. The van der Waals surface area contributed by atoms with Crippen molar-refractivity contribution in [3.05, 3.63) is 34.7 Å². The molecule has 0 saturated heterocycles. The molecule has 0 atom stereocenters. The number of nitrogens with zero attached hydrogens (tertiary/aromatic N) is 2. The third-order valence-electron chi connectivity index (χ3n) is 3.94. The lowest BCUT2D eigenvalue weighted by Crippen LogP contribution is -2.42. The van der Waals surface area contributed by atoms with Crippen LogP contribution in [0.4, 0.5) is 0 Å². The van der Waals surface area contributed by atoms with Crippen molar-refractivity contribution in [2.75, 3.05) is 13.6 Å². The van der Waals surface area contributed by atoms with Gasteiger partial charge in [0.25, 0.3) is 0 Å². The largest absolute Gasteiger partial charge is 0.356 e. The first kappa shape index (κ1) is 19.0. The van der Waals surface area contributed by atoms with Gasteiger partial charge in [-0.15, -0.1) is 24.0 Å². The maximum Gasteiger partial charge on any atom is 0.250 e. The average molecular weight is 418 g/mol. The van der Waals surface area contributed by atoms with Gasteiger partial charge in [-0.25, -0.2) is 0 Å². The van der Waals surface area contributed by atoms with E-state index >= 15 is 0 Å². The first-order chi connectivity index (χ1) is 10.3. The zero-order valence-corrected chi connectivity index (χ0v) is 15.6. The van der Waals surface area contributed by atoms with Crippen molar-refractivity contribution in [2.45, 2.75) is 51.1 Å². The van der Waals surface area contributed by atoms with Gasteiger partial charge in [0.1, 0.15) is 0 Å². The summed E-state index contributed by atoms with van der Waals surface area (Å²) >= 11 is 0. The van der Waals surface area contributed by atoms with E-state index < -0.39 is 0 Å². The second-order valence-corrected chi connectivity index (χ2v) is 5.56. The molecule has 1 aliphatic rings. The summed E-state index contributed by atoms with van der Waals surface area (Å²) in [7, 11) is 1.81. The van der Waals surface area contributed by atoms with E-state index in [0.29, 0.717) is 6.04 Å². The summed E-state index contributed by atoms with van der Waals surface area (Å²) in [6.07, 6.45) is 8.98. The molecule has 0 radical (unpaired) electrons. The third-order valence-corrected chi connectivity index (χ3v) is 3.94. The van der Waals surface area contributed by atoms with Gasteiger partial charge in [0.2, 0.25) is 5.56 Å². The number of aliphatic imine (C=N–C) groups is 1. The molecule has 0 aromatic carbocycles. The lowest BCUT2D eigenvalue weighted by atomic mass is 10.2. The van der Waals surface area contributed by atoms with Crippen LogP contribution in [0.25, 0.3) is 0 Å². The molecule has 0 unspecified atom stereocenters. The SMILES string of the molecule is CN=C(NCCCCn1ccccc1=O)NC1CCCC1.I. The summed E-state index contributed by atoms with van der Waals surface area (Å²) < 4.78 is 1.76. The van der Waals surface area contributed by atoms with Gasteiger partial charge in [-0.2, -0.15) is 0 Å². The van der Waals surface area contributed by atoms with E-state index in [1.807, 2.05) is 19.3 Å². The number of rotatable bonds is 6. The zero-order chi connectivity index (χ0) is 14.9. The van der Waals surface area contributed by atoms with Crippen LogP contribution in [0.5, 0.6) is 0 Å². The number of unbranched alkanes of at least 4 members (excludes halogenated alkanes) is 1. The first-order valence-electron chi connectivity index (χ1n) is 7.92. The number of nitrogens with one attached hydrogen (secondary N) is 2. The standard InChI is InChI=1S/C16H26N4O.HI/c1-17-16(19-14-8-2-3-9-14)18-11-5-7-13-20-12-6-4-10-15(20)21;/h4,6,10,12,14H,2-3,5,7-9,11,13H2,1H3,(H2,17,18,19);1H. The van der Waals surface area contributed by atoms with Crippen LogP contribution in [0.3, 0.4) is 0 Å². The second-order valence-electron chi connectivity index (χ2n) is 5.56. The maximum atomic E-state index is 11.5. The molecule has 124 valence electrons. The molecular formula is C16H27IN4O. The van der Waals surface area contributed by atoms with Crippen LogP contribution < -0.4 is 16.2 Å². The molecule has 0 amide bonds. The molecule has 0 spiro atoms. The van der Waals surface area contributed by atoms with Crippen LogP contribution in [0.2, 0.25) is 0 Å². The van der Waals surface area contributed by atoms with E-state index in [-0.39, 0.29) is 29.5 Å². The highest BCUT2D eigenvalue weighted by Gasteiger charge is 2.15. The van der Waals surface area contributed by atoms with Gasteiger partial charge in [-0.3, -0.25) is 9.79 Å². The summed E-state index contributed by atoms with van der Waals surface area (Å²) in [5, 5.41) is 6.82. The summed E-state index contributed by atoms with van der Waals surface area (Å²) in [4.78, 5) is 15.8. The van der Waals surface area contributed by atoms with E-state index in [2.05, 4.69) is 15.6 Å². The number of halogens is 1. The normalized spacial score (nSPS) is 15.4. The third kappa shape index (κ3) is 6.37. The van der Waals surface area contributed by atoms with Crippen molar-refractivity contribution >= 4 is 29.9 Å². The number of pyridine rings is 1. The minimum absolute atomic E-state index is 0.